The number of aryl methyl sites for hydroxylation is 1. The fraction of sp³-hybridized carbons (Fsp3) is 0.278. The van der Waals surface area contributed by atoms with Gasteiger partial charge in [-0.2, -0.15) is 0 Å². The van der Waals surface area contributed by atoms with Gasteiger partial charge in [0.25, 0.3) is 0 Å². The summed E-state index contributed by atoms with van der Waals surface area (Å²) in [5.74, 6) is 0.257. The van der Waals surface area contributed by atoms with Crippen LogP contribution in [-0.4, -0.2) is 11.3 Å². The normalized spacial score (nSPS) is 12.0. The van der Waals surface area contributed by atoms with Crippen LogP contribution < -0.4 is 0 Å². The van der Waals surface area contributed by atoms with Crippen molar-refractivity contribution in [1.82, 2.24) is 0 Å². The highest BCUT2D eigenvalue weighted by molar-refractivity contribution is 5.86. The molecule has 0 amide bonds. The van der Waals surface area contributed by atoms with Crippen LogP contribution in [0.3, 0.4) is 0 Å². The van der Waals surface area contributed by atoms with Gasteiger partial charge in [-0.05, 0) is 36.1 Å². The molecule has 0 aliphatic heterocycles. The number of rotatable bonds is 2. The van der Waals surface area contributed by atoms with Gasteiger partial charge >= 0.3 is 0 Å². The van der Waals surface area contributed by atoms with Gasteiger partial charge in [0.15, 0.2) is 0 Å². The van der Waals surface area contributed by atoms with Gasteiger partial charge in [-0.15, -0.1) is 0 Å². The Morgan fingerprint density at radius 1 is 1.05 bits per heavy atom. The van der Waals surface area contributed by atoms with Crippen molar-refractivity contribution in [2.75, 3.05) is 0 Å². The Morgan fingerprint density at radius 3 is 2.45 bits per heavy atom. The summed E-state index contributed by atoms with van der Waals surface area (Å²) in [7, 11) is 0. The van der Waals surface area contributed by atoms with Crippen molar-refractivity contribution in [3.63, 3.8) is 0 Å². The second-order valence-corrected chi connectivity index (χ2v) is 6.09. The Balaban J connectivity index is 2.40. The minimum atomic E-state index is 0.0442. The maximum atomic E-state index is 9.85. The van der Waals surface area contributed by atoms with Gasteiger partial charge in [-0.25, -0.2) is 0 Å². The lowest BCUT2D eigenvalue weighted by Gasteiger charge is -2.20. The van der Waals surface area contributed by atoms with Gasteiger partial charge in [0.05, 0.1) is 5.69 Å². The van der Waals surface area contributed by atoms with Crippen molar-refractivity contribution in [3.05, 3.63) is 59.2 Å². The van der Waals surface area contributed by atoms with Crippen molar-refractivity contribution >= 4 is 11.9 Å². The van der Waals surface area contributed by atoms with E-state index in [4.69, 9.17) is 0 Å². The smallest absolute Gasteiger partial charge is 0.124 e. The van der Waals surface area contributed by atoms with Gasteiger partial charge < -0.3 is 5.11 Å². The van der Waals surface area contributed by atoms with Gasteiger partial charge in [-0.3, -0.25) is 4.99 Å². The van der Waals surface area contributed by atoms with Crippen molar-refractivity contribution in [2.24, 2.45) is 4.99 Å². The number of hydrogen-bond acceptors (Lipinski definition) is 2. The van der Waals surface area contributed by atoms with E-state index in [1.54, 1.807) is 12.3 Å². The Hall–Kier alpha value is -2.09. The molecule has 2 aromatic rings. The highest BCUT2D eigenvalue weighted by Crippen LogP contribution is 2.31. The fourth-order valence-corrected chi connectivity index (χ4v) is 2.14. The van der Waals surface area contributed by atoms with Crippen LogP contribution in [0, 0.1) is 6.92 Å². The van der Waals surface area contributed by atoms with Crippen LogP contribution >= 0.6 is 0 Å². The SMILES string of the molecule is Cc1ccc(O)c(C=Nc2ccccc2C(C)(C)C)c1. The second-order valence-electron chi connectivity index (χ2n) is 6.09. The molecule has 0 atom stereocenters. The number of para-hydroxylation sites is 1. The number of hydrogen-bond donors (Lipinski definition) is 1. The van der Waals surface area contributed by atoms with E-state index in [1.165, 1.54) is 5.56 Å². The lowest BCUT2D eigenvalue weighted by atomic mass is 9.86. The number of phenolic OH excluding ortho intramolecular Hbond substituents is 1. The molecule has 2 aromatic carbocycles. The molecule has 0 unspecified atom stereocenters. The summed E-state index contributed by atoms with van der Waals surface area (Å²) < 4.78 is 0. The average Bonchev–Trinajstić information content (AvgIpc) is 2.39. The summed E-state index contributed by atoms with van der Waals surface area (Å²) in [6, 6.07) is 13.6. The Bertz CT molecular complexity index is 636. The third-order valence-corrected chi connectivity index (χ3v) is 3.24. The average molecular weight is 267 g/mol. The van der Waals surface area contributed by atoms with Gasteiger partial charge in [-0.1, -0.05) is 50.6 Å². The van der Waals surface area contributed by atoms with Crippen molar-refractivity contribution < 1.29 is 5.11 Å². The Kier molecular flexibility index (Phi) is 3.93. The lowest BCUT2D eigenvalue weighted by molar-refractivity contribution is 0.474. The zero-order valence-corrected chi connectivity index (χ0v) is 12.5. The second kappa shape index (κ2) is 5.49. The van der Waals surface area contributed by atoms with Gasteiger partial charge in [0, 0.05) is 11.8 Å². The first-order chi connectivity index (χ1) is 9.38. The first kappa shape index (κ1) is 14.3. The van der Waals surface area contributed by atoms with E-state index in [0.717, 1.165) is 16.8 Å². The fourth-order valence-electron chi connectivity index (χ4n) is 2.14. The number of aromatic hydroxyl groups is 1. The highest BCUT2D eigenvalue weighted by atomic mass is 16.3. The first-order valence-electron chi connectivity index (χ1n) is 6.81. The molecule has 0 aliphatic rings. The zero-order valence-electron chi connectivity index (χ0n) is 12.5. The van der Waals surface area contributed by atoms with Crippen molar-refractivity contribution in [2.45, 2.75) is 33.1 Å². The van der Waals surface area contributed by atoms with Gasteiger partial charge in [0.2, 0.25) is 0 Å². The van der Waals surface area contributed by atoms with Crippen LogP contribution in [0.15, 0.2) is 47.5 Å². The van der Waals surface area contributed by atoms with E-state index >= 15 is 0 Å². The first-order valence-corrected chi connectivity index (χ1v) is 6.81. The largest absolute Gasteiger partial charge is 0.507 e. The summed E-state index contributed by atoms with van der Waals surface area (Å²) in [6.45, 7) is 8.52. The molecule has 2 rings (SSSR count). The molecule has 0 bridgehead atoms. The summed E-state index contributed by atoms with van der Waals surface area (Å²) >= 11 is 0. The maximum absolute atomic E-state index is 9.85. The molecule has 0 saturated heterocycles. The predicted molar refractivity (Wildman–Crippen MR) is 85.2 cm³/mol. The maximum Gasteiger partial charge on any atom is 0.124 e. The van der Waals surface area contributed by atoms with Crippen LogP contribution in [0.4, 0.5) is 5.69 Å². The molecule has 0 fully saturated rings. The van der Waals surface area contributed by atoms with E-state index in [1.807, 2.05) is 37.3 Å². The third-order valence-electron chi connectivity index (χ3n) is 3.24. The summed E-state index contributed by atoms with van der Waals surface area (Å²) in [4.78, 5) is 4.56. The van der Waals surface area contributed by atoms with Crippen molar-refractivity contribution in [3.8, 4) is 5.75 Å². The lowest BCUT2D eigenvalue weighted by Crippen LogP contribution is -2.11. The molecule has 0 aliphatic carbocycles. The molecule has 2 nitrogen and oxygen atoms in total. The number of benzene rings is 2. The molecule has 0 radical (unpaired) electrons. The molecule has 0 heterocycles. The predicted octanol–water partition coefficient (Wildman–Crippen LogP) is 4.75. The van der Waals surface area contributed by atoms with Crippen LogP contribution in [0.5, 0.6) is 5.75 Å². The number of nitrogens with zero attached hydrogens (tertiary/aromatic N) is 1. The van der Waals surface area contributed by atoms with Crippen LogP contribution in [0.1, 0.15) is 37.5 Å². The number of phenols is 1. The van der Waals surface area contributed by atoms with Gasteiger partial charge in [0.1, 0.15) is 5.75 Å². The molecule has 0 aromatic heterocycles. The van der Waals surface area contributed by atoms with E-state index < -0.39 is 0 Å². The quantitative estimate of drug-likeness (QED) is 0.782. The monoisotopic (exact) mass is 267 g/mol. The molecular formula is C18H21NO. The van der Waals surface area contributed by atoms with E-state index in [0.29, 0.717) is 0 Å². The van der Waals surface area contributed by atoms with Crippen LogP contribution in [-0.2, 0) is 5.41 Å². The highest BCUT2D eigenvalue weighted by Gasteiger charge is 2.16. The summed E-state index contributed by atoms with van der Waals surface area (Å²) in [6.07, 6.45) is 1.73. The molecule has 2 heteroatoms. The molecule has 0 spiro atoms. The molecule has 0 saturated carbocycles. The van der Waals surface area contributed by atoms with E-state index in [9.17, 15) is 5.11 Å². The van der Waals surface area contributed by atoms with E-state index in [2.05, 4.69) is 31.8 Å². The third kappa shape index (κ3) is 3.27. The minimum absolute atomic E-state index is 0.0442. The minimum Gasteiger partial charge on any atom is -0.507 e. The molecule has 104 valence electrons. The van der Waals surface area contributed by atoms with Crippen LogP contribution in [0.25, 0.3) is 0 Å². The summed E-state index contributed by atoms with van der Waals surface area (Å²) in [5, 5.41) is 9.85. The molecular weight excluding hydrogens is 246 g/mol. The Morgan fingerprint density at radius 2 is 1.75 bits per heavy atom. The number of aliphatic imine (C=N–C) groups is 1. The van der Waals surface area contributed by atoms with Crippen molar-refractivity contribution in [1.29, 1.82) is 0 Å². The standard InChI is InChI=1S/C18H21NO/c1-13-9-10-17(20)14(11-13)12-19-16-8-6-5-7-15(16)18(2,3)4/h5-12,20H,1-4H3. The van der Waals surface area contributed by atoms with E-state index in [-0.39, 0.29) is 11.2 Å². The topological polar surface area (TPSA) is 32.6 Å². The van der Waals surface area contributed by atoms with Crippen LogP contribution in [0.2, 0.25) is 0 Å². The molecule has 1 N–H and O–H groups in total. The molecule has 20 heavy (non-hydrogen) atoms. The zero-order chi connectivity index (χ0) is 14.8. The Labute approximate surface area is 120 Å². The summed E-state index contributed by atoms with van der Waals surface area (Å²) in [5.41, 5.74) is 4.04.